The summed E-state index contributed by atoms with van der Waals surface area (Å²) in [6.45, 7) is 4.64. The molecule has 0 radical (unpaired) electrons. The number of benzene rings is 2. The van der Waals surface area contributed by atoms with Crippen molar-refractivity contribution in [1.82, 2.24) is 34.1 Å². The summed E-state index contributed by atoms with van der Waals surface area (Å²) in [4.78, 5) is 5.94. The smallest absolute Gasteiger partial charge is 0.213 e. The third-order valence-electron chi connectivity index (χ3n) is 7.87. The van der Waals surface area contributed by atoms with Gasteiger partial charge in [0, 0.05) is 49.1 Å². The number of aryl methyl sites for hydroxylation is 2. The van der Waals surface area contributed by atoms with Crippen molar-refractivity contribution >= 4 is 22.9 Å². The first kappa shape index (κ1) is 23.4. The summed E-state index contributed by atoms with van der Waals surface area (Å²) in [6, 6.07) is 16.7. The molecule has 1 aliphatic heterocycles. The van der Waals surface area contributed by atoms with E-state index in [0.717, 1.165) is 34.7 Å². The first-order valence-electron chi connectivity index (χ1n) is 12.6. The molecule has 1 saturated heterocycles. The minimum atomic E-state index is -0.258. The van der Waals surface area contributed by atoms with Crippen LogP contribution in [0.1, 0.15) is 11.1 Å². The van der Waals surface area contributed by atoms with Gasteiger partial charge >= 0.3 is 0 Å². The second kappa shape index (κ2) is 8.92. The predicted octanol–water partition coefficient (Wildman–Crippen LogP) is 4.58. The van der Waals surface area contributed by atoms with E-state index in [-0.39, 0.29) is 11.2 Å². The molecule has 3 unspecified atom stereocenters. The van der Waals surface area contributed by atoms with Crippen LogP contribution in [-0.4, -0.2) is 53.8 Å². The van der Waals surface area contributed by atoms with Crippen molar-refractivity contribution in [3.05, 3.63) is 90.1 Å². The molecule has 3 aromatic heterocycles. The maximum atomic E-state index is 13.5. The lowest BCUT2D eigenvalue weighted by molar-refractivity contribution is 0.256. The Kier molecular flexibility index (Phi) is 5.48. The lowest BCUT2D eigenvalue weighted by Crippen LogP contribution is -2.27. The summed E-state index contributed by atoms with van der Waals surface area (Å²) in [7, 11) is 1.84. The van der Waals surface area contributed by atoms with E-state index < -0.39 is 0 Å². The van der Waals surface area contributed by atoms with Crippen LogP contribution in [0, 0.1) is 24.6 Å². The summed E-state index contributed by atoms with van der Waals surface area (Å²) in [5, 5.41) is 15.3. The van der Waals surface area contributed by atoms with Gasteiger partial charge in [-0.25, -0.2) is 18.4 Å². The van der Waals surface area contributed by atoms with Crippen molar-refractivity contribution < 1.29 is 9.13 Å². The highest BCUT2D eigenvalue weighted by atomic mass is 32.2. The quantitative estimate of drug-likeness (QED) is 0.287. The normalized spacial score (nSPS) is 22.6. The Morgan fingerprint density at radius 1 is 1.11 bits per heavy atom. The lowest BCUT2D eigenvalue weighted by Gasteiger charge is -2.24. The Labute approximate surface area is 223 Å². The van der Waals surface area contributed by atoms with Crippen LogP contribution >= 0.6 is 11.9 Å². The van der Waals surface area contributed by atoms with Crippen LogP contribution in [0.15, 0.2) is 78.2 Å². The van der Waals surface area contributed by atoms with Gasteiger partial charge in [0.2, 0.25) is 5.88 Å². The van der Waals surface area contributed by atoms with E-state index in [1.807, 2.05) is 42.3 Å². The van der Waals surface area contributed by atoms with E-state index in [0.29, 0.717) is 24.3 Å². The molecule has 0 spiro atoms. The van der Waals surface area contributed by atoms with Crippen molar-refractivity contribution in [3.8, 4) is 11.6 Å². The van der Waals surface area contributed by atoms with Crippen molar-refractivity contribution in [2.24, 2.45) is 18.9 Å². The van der Waals surface area contributed by atoms with Crippen molar-refractivity contribution in [3.63, 3.8) is 0 Å². The summed E-state index contributed by atoms with van der Waals surface area (Å²) in [6.07, 6.45) is 5.47. The molecular formula is C28H26FN7OS. The molecule has 0 bridgehead atoms. The number of hydrogen-bond acceptors (Lipinski definition) is 7. The van der Waals surface area contributed by atoms with Crippen molar-refractivity contribution in [2.75, 3.05) is 19.7 Å². The Morgan fingerprint density at radius 2 is 1.97 bits per heavy atom. The molecule has 0 N–H and O–H groups in total. The molecule has 5 aromatic rings. The first-order valence-corrected chi connectivity index (χ1v) is 13.4. The van der Waals surface area contributed by atoms with Crippen LogP contribution in [0.4, 0.5) is 4.39 Å². The number of rotatable bonds is 7. The molecule has 38 heavy (non-hydrogen) atoms. The van der Waals surface area contributed by atoms with Gasteiger partial charge in [-0.15, -0.1) is 5.10 Å². The first-order chi connectivity index (χ1) is 18.5. The molecular weight excluding hydrogens is 501 g/mol. The number of piperidine rings is 1. The zero-order valence-electron chi connectivity index (χ0n) is 21.0. The highest BCUT2D eigenvalue weighted by Crippen LogP contribution is 2.66. The lowest BCUT2D eigenvalue weighted by atomic mass is 9.88. The molecule has 2 aromatic carbocycles. The summed E-state index contributed by atoms with van der Waals surface area (Å²) in [5.41, 5.74) is 4.38. The fraction of sp³-hybridized carbons (Fsp3) is 0.286. The van der Waals surface area contributed by atoms with Crippen LogP contribution in [0.2, 0.25) is 0 Å². The van der Waals surface area contributed by atoms with E-state index in [9.17, 15) is 4.39 Å². The number of halogens is 1. The summed E-state index contributed by atoms with van der Waals surface area (Å²) >= 11 is 1.67. The Morgan fingerprint density at radius 3 is 2.74 bits per heavy atom. The third kappa shape index (κ3) is 3.86. The molecule has 3 atom stereocenters. The number of pyridine rings is 1. The minimum absolute atomic E-state index is 0.0275. The number of nitrogens with zero attached hydrogens (tertiary/aromatic N) is 7. The third-order valence-corrected chi connectivity index (χ3v) is 8.79. The van der Waals surface area contributed by atoms with Gasteiger partial charge in [0.15, 0.2) is 5.03 Å². The van der Waals surface area contributed by atoms with Gasteiger partial charge in [-0.1, -0.05) is 6.07 Å². The molecule has 10 heteroatoms. The van der Waals surface area contributed by atoms with Gasteiger partial charge in [-0.2, -0.15) is 15.0 Å². The van der Waals surface area contributed by atoms with E-state index in [4.69, 9.17) is 4.74 Å². The van der Waals surface area contributed by atoms with Crippen LogP contribution in [-0.2, 0) is 12.5 Å². The number of aromatic nitrogens is 6. The van der Waals surface area contributed by atoms with Crippen LogP contribution in [0.3, 0.4) is 0 Å². The van der Waals surface area contributed by atoms with Crippen molar-refractivity contribution in [2.45, 2.75) is 17.4 Å². The van der Waals surface area contributed by atoms with Gasteiger partial charge in [-0.3, -0.25) is 0 Å². The van der Waals surface area contributed by atoms with Crippen LogP contribution in [0.5, 0.6) is 5.88 Å². The van der Waals surface area contributed by atoms with Crippen LogP contribution in [0.25, 0.3) is 16.6 Å². The Balaban J connectivity index is 1.22. The monoisotopic (exact) mass is 527 g/mol. The van der Waals surface area contributed by atoms with Gasteiger partial charge in [0.1, 0.15) is 5.82 Å². The zero-order valence-corrected chi connectivity index (χ0v) is 21.8. The molecule has 7 rings (SSSR count). The largest absolute Gasteiger partial charge is 0.477 e. The average molecular weight is 528 g/mol. The maximum Gasteiger partial charge on any atom is 0.213 e. The second-order valence-corrected chi connectivity index (χ2v) is 11.2. The van der Waals surface area contributed by atoms with E-state index >= 15 is 0 Å². The highest BCUT2D eigenvalue weighted by molar-refractivity contribution is 7.97. The number of ether oxygens (including phenoxy) is 1. The molecule has 2 fully saturated rings. The van der Waals surface area contributed by atoms with Crippen LogP contribution < -0.4 is 4.74 Å². The average Bonchev–Trinajstić information content (AvgIpc) is 3.33. The van der Waals surface area contributed by atoms with Gasteiger partial charge in [-0.05, 0) is 78.4 Å². The number of fused-ring (bicyclic) bond motifs is 2. The molecule has 4 heterocycles. The molecule has 1 saturated carbocycles. The van der Waals surface area contributed by atoms with E-state index in [2.05, 4.69) is 43.6 Å². The van der Waals surface area contributed by atoms with Gasteiger partial charge < -0.3 is 4.74 Å². The molecule has 0 amide bonds. The zero-order chi connectivity index (χ0) is 25.9. The fourth-order valence-corrected chi connectivity index (χ4v) is 7.13. The Hall–Kier alpha value is -3.76. The minimum Gasteiger partial charge on any atom is -0.477 e. The maximum absolute atomic E-state index is 13.5. The molecule has 2 aliphatic rings. The number of hydrogen-bond donors (Lipinski definition) is 0. The van der Waals surface area contributed by atoms with Crippen molar-refractivity contribution in [1.29, 1.82) is 0 Å². The SMILES string of the molecule is Cc1cc2c(cnn2-c2ccc(F)cc2)cc1C12CN(Sc3cnn(C)n3)CC1C2COc1ccccn1. The highest BCUT2D eigenvalue weighted by Gasteiger charge is 2.70. The molecule has 1 aliphatic carbocycles. The summed E-state index contributed by atoms with van der Waals surface area (Å²) < 4.78 is 23.9. The van der Waals surface area contributed by atoms with E-state index in [1.54, 1.807) is 35.1 Å². The summed E-state index contributed by atoms with van der Waals surface area (Å²) in [5.74, 6) is 1.24. The Bertz CT molecular complexity index is 1620. The molecule has 8 nitrogen and oxygen atoms in total. The molecule has 192 valence electrons. The predicted molar refractivity (Wildman–Crippen MR) is 143 cm³/mol. The van der Waals surface area contributed by atoms with E-state index in [1.165, 1.54) is 23.3 Å². The second-order valence-electron chi connectivity index (χ2n) is 10.1. The standard InChI is InChI=1S/C28H26FN7OS/c1-18-11-25-19(13-32-36(25)21-8-6-20(29)7-9-21)12-22(18)28-17-35(38-27-14-31-34(2)33-27)15-23(28)24(28)16-37-26-5-3-4-10-30-26/h3-14,23-24H,15-17H2,1-2H3. The van der Waals surface area contributed by atoms with Gasteiger partial charge in [0.25, 0.3) is 0 Å². The fourth-order valence-electron chi connectivity index (χ4n) is 6.10. The topological polar surface area (TPSA) is 73.9 Å². The van der Waals surface area contributed by atoms with Gasteiger partial charge in [0.05, 0.1) is 30.2 Å².